The molecule has 2 amide bonds. The summed E-state index contributed by atoms with van der Waals surface area (Å²) in [5.41, 5.74) is 1.11. The molecule has 1 aliphatic carbocycles. The van der Waals surface area contributed by atoms with Crippen LogP contribution in [0.25, 0.3) is 0 Å². The van der Waals surface area contributed by atoms with Crippen LogP contribution in [0.3, 0.4) is 0 Å². The summed E-state index contributed by atoms with van der Waals surface area (Å²) in [5.74, 6) is -0.859. The molecule has 2 aromatic rings. The smallest absolute Gasteiger partial charge is 0.252 e. The fourth-order valence-corrected chi connectivity index (χ4v) is 2.39. The second-order valence-corrected chi connectivity index (χ2v) is 5.77. The van der Waals surface area contributed by atoms with Crippen LogP contribution in [0, 0.1) is 0 Å². The number of carbonyl (C=O) groups is 3. The molecule has 1 aliphatic rings. The van der Waals surface area contributed by atoms with Crippen LogP contribution < -0.4 is 10.6 Å². The van der Waals surface area contributed by atoms with Crippen molar-refractivity contribution in [2.45, 2.75) is 18.9 Å². The lowest BCUT2D eigenvalue weighted by Crippen LogP contribution is -2.38. The first-order chi connectivity index (χ1) is 11.6. The molecule has 0 heterocycles. The summed E-state index contributed by atoms with van der Waals surface area (Å²) in [4.78, 5) is 36.6. The number of ketones is 1. The van der Waals surface area contributed by atoms with Gasteiger partial charge in [0.25, 0.3) is 5.91 Å². The first-order valence-corrected chi connectivity index (χ1v) is 7.91. The second-order valence-electron chi connectivity index (χ2n) is 5.77. The summed E-state index contributed by atoms with van der Waals surface area (Å²) in [6.07, 6.45) is 1.99. The Morgan fingerprint density at radius 3 is 2.17 bits per heavy atom. The molecular weight excluding hydrogens is 304 g/mol. The van der Waals surface area contributed by atoms with E-state index in [0.717, 1.165) is 12.8 Å². The molecule has 2 aromatic carbocycles. The highest BCUT2D eigenvalue weighted by Crippen LogP contribution is 2.18. The molecule has 1 saturated carbocycles. The van der Waals surface area contributed by atoms with Crippen molar-refractivity contribution >= 4 is 17.6 Å². The third-order valence-electron chi connectivity index (χ3n) is 3.80. The Kier molecular flexibility index (Phi) is 4.70. The first kappa shape index (κ1) is 15.9. The van der Waals surface area contributed by atoms with Gasteiger partial charge in [-0.3, -0.25) is 14.4 Å². The minimum atomic E-state index is -0.430. The monoisotopic (exact) mass is 322 g/mol. The molecule has 0 atom stereocenters. The third-order valence-corrected chi connectivity index (χ3v) is 3.80. The van der Waals surface area contributed by atoms with Gasteiger partial charge in [0.05, 0.1) is 12.1 Å². The van der Waals surface area contributed by atoms with E-state index in [1.54, 1.807) is 48.5 Å². The average Bonchev–Trinajstić information content (AvgIpc) is 3.43. The zero-order valence-corrected chi connectivity index (χ0v) is 13.1. The number of rotatable bonds is 6. The minimum absolute atomic E-state index is 0.0941. The summed E-state index contributed by atoms with van der Waals surface area (Å²) in [6, 6.07) is 15.7. The van der Waals surface area contributed by atoms with Crippen molar-refractivity contribution < 1.29 is 14.4 Å². The van der Waals surface area contributed by atoms with Gasteiger partial charge in [-0.05, 0) is 18.9 Å². The zero-order chi connectivity index (χ0) is 16.9. The highest BCUT2D eigenvalue weighted by molar-refractivity contribution is 6.15. The molecule has 0 spiro atoms. The highest BCUT2D eigenvalue weighted by Gasteiger charge is 2.23. The molecule has 24 heavy (non-hydrogen) atoms. The van der Waals surface area contributed by atoms with Gasteiger partial charge in [0.2, 0.25) is 5.91 Å². The summed E-state index contributed by atoms with van der Waals surface area (Å²) in [6.45, 7) is -0.0941. The fourth-order valence-electron chi connectivity index (χ4n) is 2.39. The maximum Gasteiger partial charge on any atom is 0.252 e. The number of carbonyl (C=O) groups excluding carboxylic acids is 3. The summed E-state index contributed by atoms with van der Waals surface area (Å²) in [7, 11) is 0. The molecule has 5 heteroatoms. The van der Waals surface area contributed by atoms with E-state index in [2.05, 4.69) is 10.6 Å². The van der Waals surface area contributed by atoms with Gasteiger partial charge >= 0.3 is 0 Å². The molecule has 5 nitrogen and oxygen atoms in total. The number of amides is 2. The van der Waals surface area contributed by atoms with Crippen molar-refractivity contribution in [3.05, 3.63) is 71.3 Å². The lowest BCUT2D eigenvalue weighted by atomic mass is 9.98. The van der Waals surface area contributed by atoms with Crippen molar-refractivity contribution in [1.82, 2.24) is 10.6 Å². The quantitative estimate of drug-likeness (QED) is 0.798. The molecule has 0 aromatic heterocycles. The molecule has 0 aliphatic heterocycles. The SMILES string of the molecule is O=C(CNC(=O)c1ccccc1C(=O)c1ccccc1)NC1CC1. The Labute approximate surface area is 140 Å². The van der Waals surface area contributed by atoms with Crippen molar-refractivity contribution in [2.75, 3.05) is 6.54 Å². The maximum absolute atomic E-state index is 12.6. The van der Waals surface area contributed by atoms with E-state index >= 15 is 0 Å². The average molecular weight is 322 g/mol. The molecule has 0 unspecified atom stereocenters. The van der Waals surface area contributed by atoms with Gasteiger partial charge in [0, 0.05) is 17.2 Å². The van der Waals surface area contributed by atoms with Crippen molar-refractivity contribution in [2.24, 2.45) is 0 Å². The van der Waals surface area contributed by atoms with Gasteiger partial charge in [-0.1, -0.05) is 48.5 Å². The van der Waals surface area contributed by atoms with Crippen LogP contribution in [0.5, 0.6) is 0 Å². The van der Waals surface area contributed by atoms with Crippen LogP contribution in [-0.4, -0.2) is 30.2 Å². The van der Waals surface area contributed by atoms with Crippen LogP contribution in [0.15, 0.2) is 54.6 Å². The second kappa shape index (κ2) is 7.08. The lowest BCUT2D eigenvalue weighted by molar-refractivity contribution is -0.120. The fraction of sp³-hybridized carbons (Fsp3) is 0.211. The molecular formula is C19H18N2O3. The Morgan fingerprint density at radius 2 is 1.50 bits per heavy atom. The molecule has 2 N–H and O–H groups in total. The number of benzene rings is 2. The number of hydrogen-bond donors (Lipinski definition) is 2. The van der Waals surface area contributed by atoms with Crippen LogP contribution >= 0.6 is 0 Å². The zero-order valence-electron chi connectivity index (χ0n) is 13.1. The van der Waals surface area contributed by atoms with Gasteiger partial charge in [-0.25, -0.2) is 0 Å². The van der Waals surface area contributed by atoms with E-state index in [1.165, 1.54) is 0 Å². The molecule has 0 bridgehead atoms. The largest absolute Gasteiger partial charge is 0.352 e. The Morgan fingerprint density at radius 1 is 0.875 bits per heavy atom. The van der Waals surface area contributed by atoms with E-state index in [9.17, 15) is 14.4 Å². The topological polar surface area (TPSA) is 75.3 Å². The van der Waals surface area contributed by atoms with Gasteiger partial charge in [-0.15, -0.1) is 0 Å². The lowest BCUT2D eigenvalue weighted by Gasteiger charge is -2.10. The van der Waals surface area contributed by atoms with E-state index in [1.807, 2.05) is 6.07 Å². The molecule has 122 valence electrons. The van der Waals surface area contributed by atoms with Crippen molar-refractivity contribution in [3.63, 3.8) is 0 Å². The Bertz CT molecular complexity index is 767. The summed E-state index contributed by atoms with van der Waals surface area (Å²) in [5, 5.41) is 5.38. The Balaban J connectivity index is 1.72. The Hall–Kier alpha value is -2.95. The van der Waals surface area contributed by atoms with Gasteiger partial charge < -0.3 is 10.6 Å². The molecule has 0 radical (unpaired) electrons. The first-order valence-electron chi connectivity index (χ1n) is 7.91. The predicted molar refractivity (Wildman–Crippen MR) is 89.8 cm³/mol. The maximum atomic E-state index is 12.6. The van der Waals surface area contributed by atoms with Crippen molar-refractivity contribution in [1.29, 1.82) is 0 Å². The van der Waals surface area contributed by atoms with Gasteiger partial charge in [0.15, 0.2) is 5.78 Å². The molecule has 1 fully saturated rings. The predicted octanol–water partition coefficient (Wildman–Crippen LogP) is 1.93. The standard InChI is InChI=1S/C19H18N2O3/c22-17(21-14-10-11-14)12-20-19(24)16-9-5-4-8-15(16)18(23)13-6-2-1-3-7-13/h1-9,14H,10-12H2,(H,20,24)(H,21,22). The molecule has 3 rings (SSSR count). The van der Waals surface area contributed by atoms with Crippen LogP contribution in [-0.2, 0) is 4.79 Å². The minimum Gasteiger partial charge on any atom is -0.352 e. The van der Waals surface area contributed by atoms with Gasteiger partial charge in [-0.2, -0.15) is 0 Å². The number of hydrogen-bond acceptors (Lipinski definition) is 3. The van der Waals surface area contributed by atoms with Gasteiger partial charge in [0.1, 0.15) is 0 Å². The van der Waals surface area contributed by atoms with E-state index in [-0.39, 0.29) is 29.8 Å². The van der Waals surface area contributed by atoms with E-state index in [4.69, 9.17) is 0 Å². The normalized spacial score (nSPS) is 13.2. The molecule has 0 saturated heterocycles. The third kappa shape index (κ3) is 3.87. The highest BCUT2D eigenvalue weighted by atomic mass is 16.2. The number of nitrogens with one attached hydrogen (secondary N) is 2. The summed E-state index contributed by atoms with van der Waals surface area (Å²) < 4.78 is 0. The van der Waals surface area contributed by atoms with Crippen LogP contribution in [0.4, 0.5) is 0 Å². The van der Waals surface area contributed by atoms with Crippen molar-refractivity contribution in [3.8, 4) is 0 Å². The summed E-state index contributed by atoms with van der Waals surface area (Å²) >= 11 is 0. The van der Waals surface area contributed by atoms with E-state index in [0.29, 0.717) is 11.1 Å². The van der Waals surface area contributed by atoms with Crippen LogP contribution in [0.2, 0.25) is 0 Å². The van der Waals surface area contributed by atoms with E-state index < -0.39 is 5.91 Å². The van der Waals surface area contributed by atoms with Crippen LogP contribution in [0.1, 0.15) is 39.1 Å².